The first kappa shape index (κ1) is 33.2. The van der Waals surface area contributed by atoms with Gasteiger partial charge in [-0.3, -0.25) is 9.52 Å². The van der Waals surface area contributed by atoms with Crippen LogP contribution in [0.5, 0.6) is 17.4 Å². The number of rotatable bonds is 10. The second-order valence-corrected chi connectivity index (χ2v) is 14.7. The second-order valence-electron chi connectivity index (χ2n) is 12.9. The maximum atomic E-state index is 13.5. The summed E-state index contributed by atoms with van der Waals surface area (Å²) in [6.07, 6.45) is 8.27. The molecule has 0 saturated heterocycles. The number of carbonyl (C=O) groups is 1. The molecule has 0 aliphatic heterocycles. The molecule has 0 unspecified atom stereocenters. The summed E-state index contributed by atoms with van der Waals surface area (Å²) in [5.74, 6) is 2.05. The van der Waals surface area contributed by atoms with E-state index in [1.54, 1.807) is 36.5 Å². The fourth-order valence-corrected chi connectivity index (χ4v) is 6.02. The number of anilines is 2. The van der Waals surface area contributed by atoms with Crippen LogP contribution in [0.15, 0.2) is 42.6 Å². The Morgan fingerprint density at radius 2 is 1.73 bits per heavy atom. The molecule has 0 bridgehead atoms. The molecular formula is C33H45N5O5S. The summed E-state index contributed by atoms with van der Waals surface area (Å²) in [4.78, 5) is 25.0. The summed E-state index contributed by atoms with van der Waals surface area (Å²) < 4.78 is 38.4. The molecule has 2 N–H and O–H groups in total. The number of aromatic nitrogens is 2. The number of nitrogens with one attached hydrogen (secondary N) is 2. The molecule has 10 nitrogen and oxygen atoms in total. The average molecular weight is 624 g/mol. The molecule has 1 aliphatic rings. The number of aryl methyl sites for hydroxylation is 1. The Labute approximate surface area is 261 Å². The number of carbonyl (C=O) groups excluding carboxylic acids is 1. The van der Waals surface area contributed by atoms with Gasteiger partial charge in [-0.2, -0.15) is 4.98 Å². The molecular weight excluding hydrogens is 578 g/mol. The number of amides is 1. The predicted octanol–water partition coefficient (Wildman–Crippen LogP) is 6.17. The summed E-state index contributed by atoms with van der Waals surface area (Å²) in [7, 11) is 2.12. The van der Waals surface area contributed by atoms with Crippen molar-refractivity contribution in [2.45, 2.75) is 71.3 Å². The quantitative estimate of drug-likeness (QED) is 0.275. The van der Waals surface area contributed by atoms with E-state index in [0.29, 0.717) is 34.8 Å². The van der Waals surface area contributed by atoms with E-state index >= 15 is 0 Å². The van der Waals surface area contributed by atoms with E-state index in [1.165, 1.54) is 20.0 Å². The van der Waals surface area contributed by atoms with Gasteiger partial charge >= 0.3 is 0 Å². The number of nitrogens with zero attached hydrogens (tertiary/aromatic N) is 3. The molecule has 4 rings (SSSR count). The number of methoxy groups -OCH3 is 1. The maximum absolute atomic E-state index is 13.5. The minimum Gasteiger partial charge on any atom is -0.492 e. The van der Waals surface area contributed by atoms with Crippen molar-refractivity contribution in [1.29, 1.82) is 0 Å². The fraction of sp³-hybridized carbons (Fsp3) is 0.485. The molecule has 2 aromatic carbocycles. The molecule has 1 heterocycles. The van der Waals surface area contributed by atoms with Gasteiger partial charge in [0, 0.05) is 30.3 Å². The highest BCUT2D eigenvalue weighted by atomic mass is 32.2. The largest absolute Gasteiger partial charge is 0.492 e. The van der Waals surface area contributed by atoms with E-state index in [4.69, 9.17) is 9.47 Å². The first-order valence-electron chi connectivity index (χ1n) is 14.9. The molecule has 3 aromatic rings. The summed E-state index contributed by atoms with van der Waals surface area (Å²) >= 11 is 0. The van der Waals surface area contributed by atoms with E-state index in [-0.39, 0.29) is 16.9 Å². The van der Waals surface area contributed by atoms with E-state index < -0.39 is 15.9 Å². The van der Waals surface area contributed by atoms with Gasteiger partial charge in [-0.05, 0) is 93.4 Å². The zero-order valence-electron chi connectivity index (χ0n) is 27.0. The molecule has 0 spiro atoms. The van der Waals surface area contributed by atoms with Crippen molar-refractivity contribution in [2.24, 2.45) is 5.92 Å². The van der Waals surface area contributed by atoms with Crippen molar-refractivity contribution in [3.63, 3.8) is 0 Å². The number of sulfonamides is 1. The van der Waals surface area contributed by atoms with Crippen molar-refractivity contribution in [2.75, 3.05) is 37.5 Å². The highest BCUT2D eigenvalue weighted by Crippen LogP contribution is 2.39. The smallest absolute Gasteiger partial charge is 0.255 e. The molecule has 238 valence electrons. The standard InChI is InChI=1S/C33H45N5O5S/c1-21-9-12-23(32(39)35-26-19-24(33(2,3)4)20-27(31(26)42-7)37-44(8,40)41)18-28(21)43-30-15-16-34-29(36-30)17-22-10-13-25(14-11-22)38(5)6/h9,12,15-16,18-20,22,25,37H,10-11,13-14,17H2,1-8H3,(H,35,39). The molecule has 44 heavy (non-hydrogen) atoms. The van der Waals surface area contributed by atoms with Gasteiger partial charge in [0.25, 0.3) is 5.91 Å². The van der Waals surface area contributed by atoms with Crippen LogP contribution in [0, 0.1) is 12.8 Å². The number of ether oxygens (including phenoxy) is 2. The Balaban J connectivity index is 1.54. The third-order valence-corrected chi connectivity index (χ3v) is 8.66. The lowest BCUT2D eigenvalue weighted by molar-refractivity contribution is 0.102. The zero-order valence-corrected chi connectivity index (χ0v) is 27.8. The topological polar surface area (TPSA) is 123 Å². The lowest BCUT2D eigenvalue weighted by atomic mass is 9.83. The van der Waals surface area contributed by atoms with E-state index in [9.17, 15) is 13.2 Å². The second kappa shape index (κ2) is 13.5. The Hall–Kier alpha value is -3.70. The Morgan fingerprint density at radius 1 is 1.05 bits per heavy atom. The molecule has 11 heteroatoms. The van der Waals surface area contributed by atoms with Crippen LogP contribution in [0.3, 0.4) is 0 Å². The summed E-state index contributed by atoms with van der Waals surface area (Å²) in [5.41, 5.74) is 2.29. The van der Waals surface area contributed by atoms with Crippen LogP contribution in [0.25, 0.3) is 0 Å². The van der Waals surface area contributed by atoms with Crippen molar-refractivity contribution in [3.05, 3.63) is 65.1 Å². The van der Waals surface area contributed by atoms with Crippen molar-refractivity contribution >= 4 is 27.3 Å². The van der Waals surface area contributed by atoms with Gasteiger partial charge in [0.05, 0.1) is 24.7 Å². The minimum absolute atomic E-state index is 0.212. The van der Waals surface area contributed by atoms with Crippen LogP contribution in [-0.4, -0.2) is 62.7 Å². The van der Waals surface area contributed by atoms with Crippen LogP contribution in [-0.2, 0) is 21.9 Å². The van der Waals surface area contributed by atoms with Gasteiger partial charge in [-0.15, -0.1) is 0 Å². The molecule has 0 radical (unpaired) electrons. The fourth-order valence-electron chi connectivity index (χ4n) is 5.47. The van der Waals surface area contributed by atoms with Crippen LogP contribution in [0.2, 0.25) is 0 Å². The van der Waals surface area contributed by atoms with Crippen LogP contribution in [0.4, 0.5) is 11.4 Å². The van der Waals surface area contributed by atoms with Gasteiger partial charge in [0.15, 0.2) is 5.75 Å². The molecule has 0 atom stereocenters. The highest BCUT2D eigenvalue weighted by molar-refractivity contribution is 7.92. The third kappa shape index (κ3) is 8.69. The SMILES string of the molecule is COc1c(NC(=O)c2ccc(C)c(Oc3ccnc(CC4CCC(N(C)C)CC4)n3)c2)cc(C(C)(C)C)cc1NS(C)(=O)=O. The first-order valence-corrected chi connectivity index (χ1v) is 16.8. The lowest BCUT2D eigenvalue weighted by Gasteiger charge is -2.32. The first-order chi connectivity index (χ1) is 20.6. The van der Waals surface area contributed by atoms with E-state index in [2.05, 4.69) is 39.0 Å². The summed E-state index contributed by atoms with van der Waals surface area (Å²) in [6.45, 7) is 7.91. The van der Waals surface area contributed by atoms with E-state index in [1.807, 2.05) is 33.8 Å². The number of benzene rings is 2. The van der Waals surface area contributed by atoms with Gasteiger partial charge in [-0.25, -0.2) is 13.4 Å². The summed E-state index contributed by atoms with van der Waals surface area (Å²) in [5, 5.41) is 2.91. The van der Waals surface area contributed by atoms with Gasteiger partial charge < -0.3 is 19.7 Å². The van der Waals surface area contributed by atoms with Crippen LogP contribution >= 0.6 is 0 Å². The van der Waals surface area contributed by atoms with Gasteiger partial charge in [0.1, 0.15) is 11.6 Å². The number of hydrogen-bond donors (Lipinski definition) is 2. The molecule has 1 fully saturated rings. The average Bonchev–Trinajstić information content (AvgIpc) is 2.93. The maximum Gasteiger partial charge on any atom is 0.255 e. The Kier molecular flexibility index (Phi) is 10.2. The number of hydrogen-bond acceptors (Lipinski definition) is 8. The Morgan fingerprint density at radius 3 is 2.34 bits per heavy atom. The van der Waals surface area contributed by atoms with Crippen LogP contribution in [0.1, 0.15) is 73.8 Å². The monoisotopic (exact) mass is 623 g/mol. The lowest BCUT2D eigenvalue weighted by Crippen LogP contribution is -2.32. The van der Waals surface area contributed by atoms with Gasteiger partial charge in [0.2, 0.25) is 15.9 Å². The molecule has 1 aromatic heterocycles. The van der Waals surface area contributed by atoms with Crippen LogP contribution < -0.4 is 19.5 Å². The zero-order chi connectivity index (χ0) is 32.2. The van der Waals surface area contributed by atoms with E-state index in [0.717, 1.165) is 42.5 Å². The van der Waals surface area contributed by atoms with Crippen molar-refractivity contribution < 1.29 is 22.7 Å². The van der Waals surface area contributed by atoms with Crippen molar-refractivity contribution in [1.82, 2.24) is 14.9 Å². The van der Waals surface area contributed by atoms with Crippen molar-refractivity contribution in [3.8, 4) is 17.4 Å². The normalized spacial score (nSPS) is 17.3. The molecule has 1 aliphatic carbocycles. The minimum atomic E-state index is -3.60. The summed E-state index contributed by atoms with van der Waals surface area (Å²) in [6, 6.07) is 11.1. The third-order valence-electron chi connectivity index (χ3n) is 8.07. The van der Waals surface area contributed by atoms with Gasteiger partial charge in [-0.1, -0.05) is 26.8 Å². The Bertz CT molecular complexity index is 1590. The molecule has 1 saturated carbocycles. The predicted molar refractivity (Wildman–Crippen MR) is 175 cm³/mol. The highest BCUT2D eigenvalue weighted by Gasteiger charge is 2.24. The molecule has 1 amide bonds.